The van der Waals surface area contributed by atoms with Gasteiger partial charge in [-0.05, 0) is 45.2 Å². The van der Waals surface area contributed by atoms with Gasteiger partial charge < -0.3 is 36.0 Å². The van der Waals surface area contributed by atoms with E-state index in [4.69, 9.17) is 25.5 Å². The molecule has 2 amide bonds. The van der Waals surface area contributed by atoms with E-state index < -0.39 is 0 Å². The minimum atomic E-state index is -0.250. The summed E-state index contributed by atoms with van der Waals surface area (Å²) in [4.78, 5) is 56.5. The summed E-state index contributed by atoms with van der Waals surface area (Å²) >= 11 is 0. The summed E-state index contributed by atoms with van der Waals surface area (Å²) in [5.41, 5.74) is 5.87. The van der Waals surface area contributed by atoms with Crippen LogP contribution in [0.25, 0.3) is 0 Å². The van der Waals surface area contributed by atoms with Crippen molar-refractivity contribution in [2.75, 3.05) is 50.9 Å². The van der Waals surface area contributed by atoms with Crippen LogP contribution in [0.15, 0.2) is 12.4 Å². The van der Waals surface area contributed by atoms with Crippen LogP contribution in [0.2, 0.25) is 0 Å². The van der Waals surface area contributed by atoms with E-state index in [1.807, 2.05) is 25.1 Å². The Balaban J connectivity index is 0.000000655. The Hall–Kier alpha value is -3.48. The van der Waals surface area contributed by atoms with Crippen molar-refractivity contribution in [1.29, 1.82) is 0 Å². The average Bonchev–Trinajstić information content (AvgIpc) is 2.80. The lowest BCUT2D eigenvalue weighted by Gasteiger charge is -2.56. The summed E-state index contributed by atoms with van der Waals surface area (Å²) in [5, 5.41) is 16.8. The molecular formula is C22H35N7O6. The van der Waals surface area contributed by atoms with Crippen LogP contribution in [-0.2, 0) is 19.2 Å². The summed E-state index contributed by atoms with van der Waals surface area (Å²) in [6, 6.07) is 2.08. The molecule has 3 aliphatic rings. The number of amides is 2. The number of likely N-dealkylation sites (N-methyl/N-ethyl adjacent to an activating group) is 1. The topological polar surface area (TPSA) is 182 Å². The lowest BCUT2D eigenvalue weighted by atomic mass is 9.72. The number of nitrogens with two attached hydrogens (primary N) is 1. The van der Waals surface area contributed by atoms with E-state index in [9.17, 15) is 9.59 Å². The third-order valence-corrected chi connectivity index (χ3v) is 6.46. The molecule has 1 aromatic heterocycles. The first-order valence-corrected chi connectivity index (χ1v) is 11.5. The highest BCUT2D eigenvalue weighted by molar-refractivity contribution is 5.79. The van der Waals surface area contributed by atoms with Crippen molar-refractivity contribution in [1.82, 2.24) is 25.1 Å². The van der Waals surface area contributed by atoms with Crippen LogP contribution in [0.4, 0.5) is 11.6 Å². The molecule has 4 rings (SSSR count). The molecular weight excluding hydrogens is 458 g/mol. The number of carboxylic acid groups (broad SMARTS) is 2. The molecule has 1 aromatic rings. The quantitative estimate of drug-likeness (QED) is 0.382. The van der Waals surface area contributed by atoms with Crippen molar-refractivity contribution >= 4 is 36.4 Å². The highest BCUT2D eigenvalue weighted by atomic mass is 16.3. The molecule has 5 N–H and O–H groups in total. The molecule has 0 unspecified atom stereocenters. The second kappa shape index (κ2) is 13.4. The summed E-state index contributed by atoms with van der Waals surface area (Å²) in [6.45, 7) is 2.04. The molecule has 13 nitrogen and oxygen atoms in total. The van der Waals surface area contributed by atoms with Crippen molar-refractivity contribution in [3.05, 3.63) is 12.4 Å². The number of hydrogen-bond donors (Lipinski definition) is 4. The van der Waals surface area contributed by atoms with E-state index in [1.165, 1.54) is 6.33 Å². The Kier molecular flexibility index (Phi) is 10.6. The summed E-state index contributed by atoms with van der Waals surface area (Å²) < 4.78 is 0. The van der Waals surface area contributed by atoms with Gasteiger partial charge in [0.1, 0.15) is 18.0 Å². The Bertz CT molecular complexity index is 864. The fraction of sp³-hybridized carbons (Fsp3) is 0.636. The lowest BCUT2D eigenvalue weighted by Crippen LogP contribution is -2.67. The van der Waals surface area contributed by atoms with Crippen LogP contribution in [0.1, 0.15) is 25.7 Å². The first-order chi connectivity index (χ1) is 16.7. The van der Waals surface area contributed by atoms with Crippen molar-refractivity contribution < 1.29 is 29.4 Å². The van der Waals surface area contributed by atoms with Crippen molar-refractivity contribution in [3.63, 3.8) is 0 Å². The van der Waals surface area contributed by atoms with Crippen LogP contribution in [-0.4, -0.2) is 107 Å². The Morgan fingerprint density at radius 3 is 2.51 bits per heavy atom. The first kappa shape index (κ1) is 27.8. The van der Waals surface area contributed by atoms with E-state index in [2.05, 4.69) is 25.1 Å². The molecule has 0 aromatic carbocycles. The molecule has 0 saturated carbocycles. The molecule has 4 heterocycles. The molecule has 2 bridgehead atoms. The largest absolute Gasteiger partial charge is 0.483 e. The number of aromatic nitrogens is 2. The van der Waals surface area contributed by atoms with Crippen LogP contribution in [0.3, 0.4) is 0 Å². The maximum absolute atomic E-state index is 12.8. The molecule has 3 saturated heterocycles. The minimum Gasteiger partial charge on any atom is -0.483 e. The lowest BCUT2D eigenvalue weighted by molar-refractivity contribution is -0.149. The number of hydrogen-bond acceptors (Lipinski definition) is 9. The van der Waals surface area contributed by atoms with Gasteiger partial charge in [0.25, 0.3) is 12.9 Å². The minimum absolute atomic E-state index is 0.00521. The zero-order valence-corrected chi connectivity index (χ0v) is 20.1. The summed E-state index contributed by atoms with van der Waals surface area (Å²) in [6.07, 6.45) is 5.18. The predicted molar refractivity (Wildman–Crippen MR) is 127 cm³/mol. The number of piperidine rings is 3. The van der Waals surface area contributed by atoms with E-state index in [-0.39, 0.29) is 36.8 Å². The molecule has 13 heteroatoms. The zero-order valence-electron chi connectivity index (χ0n) is 20.1. The van der Waals surface area contributed by atoms with Gasteiger partial charge in [0, 0.05) is 38.2 Å². The number of nitrogen functional groups attached to an aromatic ring is 1. The number of nitrogens with zero attached hydrogens (tertiary/aromatic N) is 5. The number of nitrogens with one attached hydrogen (secondary N) is 1. The van der Waals surface area contributed by atoms with Gasteiger partial charge in [-0.2, -0.15) is 0 Å². The summed E-state index contributed by atoms with van der Waals surface area (Å²) in [5.74, 6) is 2.26. The van der Waals surface area contributed by atoms with Crippen molar-refractivity contribution in [2.45, 2.75) is 37.8 Å². The second-order valence-corrected chi connectivity index (χ2v) is 9.04. The van der Waals surface area contributed by atoms with Gasteiger partial charge in [0.2, 0.25) is 11.8 Å². The summed E-state index contributed by atoms with van der Waals surface area (Å²) in [7, 11) is 3.75. The van der Waals surface area contributed by atoms with Crippen LogP contribution in [0, 0.1) is 11.8 Å². The molecule has 0 spiro atoms. The number of rotatable bonds is 5. The van der Waals surface area contributed by atoms with Crippen LogP contribution < -0.4 is 16.0 Å². The highest BCUT2D eigenvalue weighted by Crippen LogP contribution is 2.42. The van der Waals surface area contributed by atoms with Gasteiger partial charge in [0.05, 0.1) is 12.6 Å². The highest BCUT2D eigenvalue weighted by Gasteiger charge is 2.49. The fourth-order valence-electron chi connectivity index (χ4n) is 5.32. The number of anilines is 2. The van der Waals surface area contributed by atoms with Gasteiger partial charge in [-0.1, -0.05) is 0 Å². The van der Waals surface area contributed by atoms with Crippen LogP contribution in [0.5, 0.6) is 0 Å². The Morgan fingerprint density at radius 1 is 1.23 bits per heavy atom. The fourth-order valence-corrected chi connectivity index (χ4v) is 5.32. The molecule has 3 aliphatic heterocycles. The monoisotopic (exact) mass is 493 g/mol. The molecule has 0 radical (unpaired) electrons. The van der Waals surface area contributed by atoms with Gasteiger partial charge in [0.15, 0.2) is 0 Å². The van der Waals surface area contributed by atoms with E-state index >= 15 is 0 Å². The first-order valence-electron chi connectivity index (χ1n) is 11.5. The Morgan fingerprint density at radius 2 is 1.89 bits per heavy atom. The average molecular weight is 494 g/mol. The smallest absolute Gasteiger partial charge is 0.290 e. The van der Waals surface area contributed by atoms with Gasteiger partial charge in [-0.25, -0.2) is 9.97 Å². The predicted octanol–water partition coefficient (Wildman–Crippen LogP) is -0.656. The van der Waals surface area contributed by atoms with Crippen molar-refractivity contribution in [2.24, 2.45) is 11.8 Å². The second-order valence-electron chi connectivity index (χ2n) is 9.04. The molecule has 4 atom stereocenters. The van der Waals surface area contributed by atoms with E-state index in [0.29, 0.717) is 37.2 Å². The van der Waals surface area contributed by atoms with Gasteiger partial charge in [-0.15, -0.1) is 0 Å². The zero-order chi connectivity index (χ0) is 26.0. The maximum Gasteiger partial charge on any atom is 0.290 e. The van der Waals surface area contributed by atoms with Crippen molar-refractivity contribution in [3.8, 4) is 0 Å². The molecule has 0 aliphatic carbocycles. The molecule has 3 fully saturated rings. The SMILES string of the molecule is CN(C)CC(=O)NC[C@H]1[C@H]2C[C@H](CN(c3cc(N)ncn3)C2)[C@@H]2CCCC(=O)N21.O=CO.O=CO. The molecule has 194 valence electrons. The van der Waals surface area contributed by atoms with E-state index in [1.54, 1.807) is 0 Å². The number of fused-ring (bicyclic) bond motifs is 4. The normalized spacial score (nSPS) is 24.7. The van der Waals surface area contributed by atoms with Gasteiger partial charge in [-0.3, -0.25) is 19.2 Å². The third kappa shape index (κ3) is 7.50. The standard InChI is InChI=1S/C20H31N7O2.2CH2O2/c1-25(2)11-19(28)22-8-16-14-6-13(15-4-3-5-20(29)27(15)16)9-26(10-14)18-7-17(21)23-12-24-18;2*2-1-3/h7,12-16H,3-6,8-11H2,1-2H3,(H,22,28)(H2,21,23,24);2*1H,(H,2,3)/t13-,14+,15+,16+;;/m1../s1. The number of carbonyl (C=O) groups is 4. The molecule has 35 heavy (non-hydrogen) atoms. The maximum atomic E-state index is 12.8. The Labute approximate surface area is 204 Å². The van der Waals surface area contributed by atoms with E-state index in [0.717, 1.165) is 38.2 Å². The van der Waals surface area contributed by atoms with Crippen LogP contribution >= 0.6 is 0 Å². The number of carbonyl (C=O) groups excluding carboxylic acids is 2. The van der Waals surface area contributed by atoms with Gasteiger partial charge >= 0.3 is 0 Å². The third-order valence-electron chi connectivity index (χ3n) is 6.46.